The highest BCUT2D eigenvalue weighted by molar-refractivity contribution is 7.15. The Hall–Kier alpha value is -3.06. The molecule has 0 radical (unpaired) electrons. The van der Waals surface area contributed by atoms with Crippen LogP contribution in [0, 0.1) is 6.92 Å². The number of rotatable bonds is 5. The number of anilines is 1. The van der Waals surface area contributed by atoms with Gasteiger partial charge in [0, 0.05) is 17.7 Å². The lowest BCUT2D eigenvalue weighted by molar-refractivity contribution is 0.0950. The number of carbonyl (C=O) groups is 2. The fourth-order valence-electron chi connectivity index (χ4n) is 2.16. The van der Waals surface area contributed by atoms with Gasteiger partial charge in [0.1, 0.15) is 5.01 Å². The Morgan fingerprint density at radius 1 is 0.920 bits per heavy atom. The zero-order valence-corrected chi connectivity index (χ0v) is 14.3. The van der Waals surface area contributed by atoms with E-state index >= 15 is 0 Å². The summed E-state index contributed by atoms with van der Waals surface area (Å²) in [4.78, 5) is 24.2. The van der Waals surface area contributed by atoms with Gasteiger partial charge in [0.15, 0.2) is 0 Å². The molecule has 0 saturated heterocycles. The summed E-state index contributed by atoms with van der Waals surface area (Å²) >= 11 is 1.32. The predicted octanol–water partition coefficient (Wildman–Crippen LogP) is 3.03. The number of hydrogen-bond acceptors (Lipinski definition) is 5. The highest BCUT2D eigenvalue weighted by atomic mass is 32.1. The van der Waals surface area contributed by atoms with E-state index in [0.717, 1.165) is 10.6 Å². The van der Waals surface area contributed by atoms with Crippen LogP contribution in [0.15, 0.2) is 54.6 Å². The van der Waals surface area contributed by atoms with Crippen molar-refractivity contribution in [3.8, 4) is 0 Å². The first-order chi connectivity index (χ1) is 12.1. The second-order valence-electron chi connectivity index (χ2n) is 5.33. The van der Waals surface area contributed by atoms with Crippen LogP contribution in [0.5, 0.6) is 0 Å². The van der Waals surface area contributed by atoms with Crippen molar-refractivity contribution in [1.82, 2.24) is 15.5 Å². The van der Waals surface area contributed by atoms with Gasteiger partial charge >= 0.3 is 0 Å². The summed E-state index contributed by atoms with van der Waals surface area (Å²) in [7, 11) is 0. The summed E-state index contributed by atoms with van der Waals surface area (Å²) in [6.07, 6.45) is 0. The molecule has 1 heterocycles. The molecule has 0 aliphatic rings. The van der Waals surface area contributed by atoms with Gasteiger partial charge < -0.3 is 5.32 Å². The highest BCUT2D eigenvalue weighted by Crippen LogP contribution is 2.15. The topological polar surface area (TPSA) is 84.0 Å². The second kappa shape index (κ2) is 7.67. The van der Waals surface area contributed by atoms with Gasteiger partial charge in [-0.2, -0.15) is 0 Å². The van der Waals surface area contributed by atoms with Crippen LogP contribution in [0.25, 0.3) is 0 Å². The second-order valence-corrected chi connectivity index (χ2v) is 6.51. The quantitative estimate of drug-likeness (QED) is 0.739. The van der Waals surface area contributed by atoms with E-state index in [-0.39, 0.29) is 11.8 Å². The van der Waals surface area contributed by atoms with Crippen LogP contribution in [0.2, 0.25) is 0 Å². The van der Waals surface area contributed by atoms with Crippen molar-refractivity contribution in [1.29, 1.82) is 0 Å². The lowest BCUT2D eigenvalue weighted by Crippen LogP contribution is -2.22. The molecule has 3 rings (SSSR count). The molecule has 0 atom stereocenters. The Morgan fingerprint density at radius 2 is 1.60 bits per heavy atom. The van der Waals surface area contributed by atoms with Gasteiger partial charge in [0.05, 0.1) is 0 Å². The maximum Gasteiger partial charge on any atom is 0.257 e. The van der Waals surface area contributed by atoms with E-state index < -0.39 is 0 Å². The normalized spacial score (nSPS) is 10.3. The number of aryl methyl sites for hydroxylation is 1. The third-order valence-electron chi connectivity index (χ3n) is 3.45. The molecule has 6 nitrogen and oxygen atoms in total. The van der Waals surface area contributed by atoms with Gasteiger partial charge in [0.25, 0.3) is 11.8 Å². The molecule has 1 aromatic heterocycles. The molecule has 0 unspecified atom stereocenters. The number of amides is 2. The molecule has 2 N–H and O–H groups in total. The van der Waals surface area contributed by atoms with Crippen LogP contribution in [-0.4, -0.2) is 22.0 Å². The summed E-state index contributed by atoms with van der Waals surface area (Å²) in [6.45, 7) is 2.22. The van der Waals surface area contributed by atoms with Crippen molar-refractivity contribution in [3.05, 3.63) is 76.3 Å². The lowest BCUT2D eigenvalue weighted by atomic mass is 10.1. The molecular formula is C18H16N4O2S. The summed E-state index contributed by atoms with van der Waals surface area (Å²) in [5.41, 5.74) is 2.05. The first kappa shape index (κ1) is 16.8. The molecule has 2 aromatic carbocycles. The number of carbonyl (C=O) groups excluding carboxylic acids is 2. The van der Waals surface area contributed by atoms with Crippen LogP contribution in [-0.2, 0) is 6.54 Å². The average Bonchev–Trinajstić information content (AvgIpc) is 3.05. The van der Waals surface area contributed by atoms with Crippen molar-refractivity contribution in [2.75, 3.05) is 5.32 Å². The van der Waals surface area contributed by atoms with Crippen molar-refractivity contribution in [2.45, 2.75) is 13.5 Å². The van der Waals surface area contributed by atoms with E-state index in [9.17, 15) is 9.59 Å². The Morgan fingerprint density at radius 3 is 2.24 bits per heavy atom. The first-order valence-electron chi connectivity index (χ1n) is 7.65. The van der Waals surface area contributed by atoms with Crippen LogP contribution in [0.3, 0.4) is 0 Å². The third kappa shape index (κ3) is 4.48. The molecule has 0 saturated carbocycles. The molecule has 0 bridgehead atoms. The highest BCUT2D eigenvalue weighted by Gasteiger charge is 2.09. The van der Waals surface area contributed by atoms with Gasteiger partial charge in [-0.15, -0.1) is 10.2 Å². The summed E-state index contributed by atoms with van der Waals surface area (Å²) in [5, 5.41) is 14.5. The van der Waals surface area contributed by atoms with Crippen molar-refractivity contribution >= 4 is 28.3 Å². The minimum Gasteiger partial charge on any atom is -0.348 e. The molecule has 126 valence electrons. The van der Waals surface area contributed by atoms with Crippen molar-refractivity contribution in [2.24, 2.45) is 0 Å². The standard InChI is InChI=1S/C18H16N4O2S/c1-12-21-22-18(25-12)20-17(24)15-9-7-13(8-10-15)11-19-16(23)14-5-3-2-4-6-14/h2-10H,11H2,1H3,(H,19,23)(H,20,22,24). The van der Waals surface area contributed by atoms with E-state index in [0.29, 0.717) is 22.8 Å². The number of nitrogens with zero attached hydrogens (tertiary/aromatic N) is 2. The Labute approximate surface area is 148 Å². The minimum atomic E-state index is -0.240. The number of nitrogens with one attached hydrogen (secondary N) is 2. The van der Waals surface area contributed by atoms with Crippen LogP contribution >= 0.6 is 11.3 Å². The van der Waals surface area contributed by atoms with Gasteiger partial charge in [-0.3, -0.25) is 14.9 Å². The van der Waals surface area contributed by atoms with E-state index in [2.05, 4.69) is 20.8 Å². The van der Waals surface area contributed by atoms with E-state index in [4.69, 9.17) is 0 Å². The molecule has 0 aliphatic carbocycles. The molecule has 3 aromatic rings. The van der Waals surface area contributed by atoms with Crippen molar-refractivity contribution in [3.63, 3.8) is 0 Å². The lowest BCUT2D eigenvalue weighted by Gasteiger charge is -2.06. The average molecular weight is 352 g/mol. The van der Waals surface area contributed by atoms with Gasteiger partial charge in [-0.25, -0.2) is 0 Å². The van der Waals surface area contributed by atoms with E-state index in [1.807, 2.05) is 37.3 Å². The summed E-state index contributed by atoms with van der Waals surface area (Å²) in [5.74, 6) is -0.370. The number of aromatic nitrogens is 2. The maximum absolute atomic E-state index is 12.1. The number of hydrogen-bond donors (Lipinski definition) is 2. The SMILES string of the molecule is Cc1nnc(NC(=O)c2ccc(CNC(=O)c3ccccc3)cc2)s1. The Kier molecular flexibility index (Phi) is 5.15. The fraction of sp³-hybridized carbons (Fsp3) is 0.111. The molecule has 25 heavy (non-hydrogen) atoms. The predicted molar refractivity (Wildman–Crippen MR) is 96.7 cm³/mol. The van der Waals surface area contributed by atoms with Crippen LogP contribution in [0.1, 0.15) is 31.3 Å². The molecule has 0 spiro atoms. The maximum atomic E-state index is 12.1. The summed E-state index contributed by atoms with van der Waals surface area (Å²) < 4.78 is 0. The van der Waals surface area contributed by atoms with E-state index in [1.54, 1.807) is 24.3 Å². The fourth-order valence-corrected chi connectivity index (χ4v) is 2.75. The van der Waals surface area contributed by atoms with Gasteiger partial charge in [-0.05, 0) is 36.8 Å². The Balaban J connectivity index is 1.56. The van der Waals surface area contributed by atoms with Crippen LogP contribution < -0.4 is 10.6 Å². The minimum absolute atomic E-state index is 0.131. The summed E-state index contributed by atoms with van der Waals surface area (Å²) in [6, 6.07) is 16.1. The Bertz CT molecular complexity index is 876. The third-order valence-corrected chi connectivity index (χ3v) is 4.21. The van der Waals surface area contributed by atoms with Crippen LogP contribution in [0.4, 0.5) is 5.13 Å². The van der Waals surface area contributed by atoms with Gasteiger partial charge in [0.2, 0.25) is 5.13 Å². The largest absolute Gasteiger partial charge is 0.348 e. The molecule has 0 fully saturated rings. The zero-order chi connectivity index (χ0) is 17.6. The monoisotopic (exact) mass is 352 g/mol. The van der Waals surface area contributed by atoms with Gasteiger partial charge in [-0.1, -0.05) is 41.7 Å². The first-order valence-corrected chi connectivity index (χ1v) is 8.47. The van der Waals surface area contributed by atoms with Crippen molar-refractivity contribution < 1.29 is 9.59 Å². The zero-order valence-electron chi connectivity index (χ0n) is 13.5. The molecule has 7 heteroatoms. The molecule has 0 aliphatic heterocycles. The molecular weight excluding hydrogens is 336 g/mol. The number of benzene rings is 2. The smallest absolute Gasteiger partial charge is 0.257 e. The van der Waals surface area contributed by atoms with E-state index in [1.165, 1.54) is 11.3 Å². The molecule has 2 amide bonds.